The van der Waals surface area contributed by atoms with Crippen LogP contribution in [0.1, 0.15) is 0 Å². The smallest absolute Gasteiger partial charge is 0.165 e. The minimum atomic E-state index is 0.642. The lowest BCUT2D eigenvalue weighted by atomic mass is 10.0. The van der Waals surface area contributed by atoms with Gasteiger partial charge in [0.1, 0.15) is 11.2 Å². The number of aromatic nitrogens is 3. The summed E-state index contributed by atoms with van der Waals surface area (Å²) in [5, 5.41) is 4.69. The second kappa shape index (κ2) is 9.97. The molecule has 0 fully saturated rings. The first kappa shape index (κ1) is 24.9. The van der Waals surface area contributed by atoms with E-state index in [1.807, 2.05) is 48.5 Å². The zero-order chi connectivity index (χ0) is 29.0. The molecule has 9 aromatic rings. The summed E-state index contributed by atoms with van der Waals surface area (Å²) in [5.74, 6) is 1.96. The van der Waals surface area contributed by atoms with Crippen molar-refractivity contribution in [3.8, 4) is 45.3 Å². The van der Waals surface area contributed by atoms with Crippen LogP contribution in [0, 0.1) is 0 Å². The first-order chi connectivity index (χ1) is 21.8. The van der Waals surface area contributed by atoms with Gasteiger partial charge in [0.15, 0.2) is 17.5 Å². The van der Waals surface area contributed by atoms with Crippen molar-refractivity contribution in [3.05, 3.63) is 140 Å². The number of furan rings is 1. The Bertz CT molecular complexity index is 2510. The average Bonchev–Trinajstić information content (AvgIpc) is 3.67. The van der Waals surface area contributed by atoms with Crippen molar-refractivity contribution in [2.75, 3.05) is 0 Å². The summed E-state index contributed by atoms with van der Waals surface area (Å²) in [5.41, 5.74) is 6.88. The van der Waals surface area contributed by atoms with Crippen molar-refractivity contribution in [1.29, 1.82) is 0 Å². The summed E-state index contributed by atoms with van der Waals surface area (Å²) >= 11 is 1.78. The molecule has 0 atom stereocenters. The number of rotatable bonds is 4. The van der Waals surface area contributed by atoms with Gasteiger partial charge in [0.25, 0.3) is 0 Å². The standard InChI is InChI=1S/C39H23N3OS/c1-2-10-24(11-3-1)37-40-38(42-39(41-37)31-17-9-16-30-29-15-5-7-19-35(29)44-36(30)31)27-13-8-12-25(22-27)26-20-21-34-32(23-26)28-14-4-6-18-33(28)43-34/h1-23H. The minimum absolute atomic E-state index is 0.642. The summed E-state index contributed by atoms with van der Waals surface area (Å²) < 4.78 is 8.50. The molecule has 0 unspecified atom stereocenters. The molecule has 0 amide bonds. The molecule has 0 bridgehead atoms. The van der Waals surface area contributed by atoms with Crippen LogP contribution in [0.2, 0.25) is 0 Å². The quantitative estimate of drug-likeness (QED) is 0.207. The molecule has 44 heavy (non-hydrogen) atoms. The van der Waals surface area contributed by atoms with Gasteiger partial charge >= 0.3 is 0 Å². The molecule has 0 spiro atoms. The van der Waals surface area contributed by atoms with Gasteiger partial charge in [0, 0.05) is 47.6 Å². The van der Waals surface area contributed by atoms with Gasteiger partial charge in [0.2, 0.25) is 0 Å². The maximum Gasteiger partial charge on any atom is 0.165 e. The molecule has 3 heterocycles. The van der Waals surface area contributed by atoms with Gasteiger partial charge < -0.3 is 4.42 Å². The van der Waals surface area contributed by atoms with E-state index in [0.717, 1.165) is 49.8 Å². The Labute approximate surface area is 256 Å². The van der Waals surface area contributed by atoms with Crippen LogP contribution in [0.4, 0.5) is 0 Å². The highest BCUT2D eigenvalue weighted by atomic mass is 32.1. The first-order valence-corrected chi connectivity index (χ1v) is 15.3. The van der Waals surface area contributed by atoms with E-state index in [0.29, 0.717) is 17.5 Å². The molecule has 0 saturated heterocycles. The van der Waals surface area contributed by atoms with Crippen molar-refractivity contribution in [1.82, 2.24) is 15.0 Å². The van der Waals surface area contributed by atoms with Gasteiger partial charge in [-0.05, 0) is 47.5 Å². The summed E-state index contributed by atoms with van der Waals surface area (Å²) in [6.45, 7) is 0. The number of hydrogen-bond acceptors (Lipinski definition) is 5. The van der Waals surface area contributed by atoms with E-state index >= 15 is 0 Å². The van der Waals surface area contributed by atoms with Crippen LogP contribution in [0.3, 0.4) is 0 Å². The van der Waals surface area contributed by atoms with Gasteiger partial charge in [-0.15, -0.1) is 11.3 Å². The Hall–Kier alpha value is -5.65. The lowest BCUT2D eigenvalue weighted by molar-refractivity contribution is 0.669. The second-order valence-electron chi connectivity index (χ2n) is 10.8. The van der Waals surface area contributed by atoms with Crippen LogP contribution in [-0.4, -0.2) is 15.0 Å². The van der Waals surface area contributed by atoms with Crippen LogP contribution < -0.4 is 0 Å². The zero-order valence-electron chi connectivity index (χ0n) is 23.4. The zero-order valence-corrected chi connectivity index (χ0v) is 24.3. The molecule has 6 aromatic carbocycles. The van der Waals surface area contributed by atoms with Gasteiger partial charge in [-0.2, -0.15) is 0 Å². The van der Waals surface area contributed by atoms with E-state index in [1.54, 1.807) is 11.3 Å². The van der Waals surface area contributed by atoms with Crippen molar-refractivity contribution in [3.63, 3.8) is 0 Å². The minimum Gasteiger partial charge on any atom is -0.456 e. The van der Waals surface area contributed by atoms with E-state index < -0.39 is 0 Å². The molecule has 3 aromatic heterocycles. The predicted octanol–water partition coefficient (Wildman–Crippen LogP) is 10.8. The number of nitrogens with zero attached hydrogens (tertiary/aromatic N) is 3. The summed E-state index contributed by atoms with van der Waals surface area (Å²) in [4.78, 5) is 15.1. The molecular formula is C39H23N3OS. The Morgan fingerprint density at radius 2 is 1.05 bits per heavy atom. The molecular weight excluding hydrogens is 559 g/mol. The molecule has 0 N–H and O–H groups in total. The van der Waals surface area contributed by atoms with Gasteiger partial charge in [-0.3, -0.25) is 0 Å². The Kier molecular flexibility index (Phi) is 5.64. The van der Waals surface area contributed by atoms with E-state index in [1.165, 1.54) is 20.2 Å². The highest BCUT2D eigenvalue weighted by Gasteiger charge is 2.17. The number of para-hydroxylation sites is 1. The van der Waals surface area contributed by atoms with Gasteiger partial charge in [0.05, 0.1) is 0 Å². The molecule has 0 aliphatic carbocycles. The lowest BCUT2D eigenvalue weighted by Crippen LogP contribution is -2.00. The molecule has 4 nitrogen and oxygen atoms in total. The summed E-state index contributed by atoms with van der Waals surface area (Å²) in [6.07, 6.45) is 0. The van der Waals surface area contributed by atoms with Crippen LogP contribution in [0.25, 0.3) is 87.4 Å². The lowest BCUT2D eigenvalue weighted by Gasteiger charge is -2.10. The Morgan fingerprint density at radius 1 is 0.409 bits per heavy atom. The third-order valence-electron chi connectivity index (χ3n) is 8.14. The SMILES string of the molecule is c1ccc(-c2nc(-c3cccc(-c4ccc5oc6ccccc6c5c4)c3)nc(-c3cccc4c3sc3ccccc34)n2)cc1. The van der Waals surface area contributed by atoms with Crippen molar-refractivity contribution in [2.24, 2.45) is 0 Å². The molecule has 5 heteroatoms. The molecule has 9 rings (SSSR count). The average molecular weight is 582 g/mol. The van der Waals surface area contributed by atoms with E-state index in [4.69, 9.17) is 19.4 Å². The highest BCUT2D eigenvalue weighted by molar-refractivity contribution is 7.26. The highest BCUT2D eigenvalue weighted by Crippen LogP contribution is 2.40. The molecule has 0 aliphatic rings. The fraction of sp³-hybridized carbons (Fsp3) is 0. The normalized spacial score (nSPS) is 11.6. The topological polar surface area (TPSA) is 51.8 Å². The maximum absolute atomic E-state index is 6.07. The number of fused-ring (bicyclic) bond motifs is 6. The monoisotopic (exact) mass is 581 g/mol. The van der Waals surface area contributed by atoms with E-state index in [9.17, 15) is 0 Å². The van der Waals surface area contributed by atoms with Crippen molar-refractivity contribution in [2.45, 2.75) is 0 Å². The molecule has 0 aliphatic heterocycles. The molecule has 0 radical (unpaired) electrons. The third-order valence-corrected chi connectivity index (χ3v) is 9.36. The number of thiophene rings is 1. The van der Waals surface area contributed by atoms with Crippen LogP contribution in [0.5, 0.6) is 0 Å². The van der Waals surface area contributed by atoms with Crippen LogP contribution in [-0.2, 0) is 0 Å². The Balaban J connectivity index is 1.22. The number of benzene rings is 6. The molecule has 206 valence electrons. The van der Waals surface area contributed by atoms with E-state index in [-0.39, 0.29) is 0 Å². The third kappa shape index (κ3) is 4.09. The van der Waals surface area contributed by atoms with Gasteiger partial charge in [-0.25, -0.2) is 15.0 Å². The van der Waals surface area contributed by atoms with Crippen LogP contribution in [0.15, 0.2) is 144 Å². The predicted molar refractivity (Wildman–Crippen MR) is 182 cm³/mol. The first-order valence-electron chi connectivity index (χ1n) is 14.5. The Morgan fingerprint density at radius 3 is 1.95 bits per heavy atom. The summed E-state index contributed by atoms with van der Waals surface area (Å²) in [6, 6.07) is 48.0. The number of hydrogen-bond donors (Lipinski definition) is 0. The fourth-order valence-electron chi connectivity index (χ4n) is 6.01. The van der Waals surface area contributed by atoms with Crippen molar-refractivity contribution >= 4 is 53.4 Å². The van der Waals surface area contributed by atoms with E-state index in [2.05, 4.69) is 91.0 Å². The summed E-state index contributed by atoms with van der Waals surface area (Å²) in [7, 11) is 0. The maximum atomic E-state index is 6.07. The molecule has 0 saturated carbocycles. The largest absolute Gasteiger partial charge is 0.456 e. The van der Waals surface area contributed by atoms with Crippen LogP contribution >= 0.6 is 11.3 Å². The second-order valence-corrected chi connectivity index (χ2v) is 11.9. The van der Waals surface area contributed by atoms with Crippen molar-refractivity contribution < 1.29 is 4.42 Å². The fourth-order valence-corrected chi connectivity index (χ4v) is 7.22. The van der Waals surface area contributed by atoms with Gasteiger partial charge in [-0.1, -0.05) is 103 Å².